The van der Waals surface area contributed by atoms with Gasteiger partial charge in [-0.25, -0.2) is 15.0 Å². The van der Waals surface area contributed by atoms with Crippen molar-refractivity contribution in [2.75, 3.05) is 0 Å². The van der Waals surface area contributed by atoms with Crippen LogP contribution in [0.3, 0.4) is 0 Å². The van der Waals surface area contributed by atoms with Crippen LogP contribution in [-0.4, -0.2) is 27.4 Å². The molecule has 9 rings (SSSR count). The Morgan fingerprint density at radius 2 is 0.820 bits per heavy atom. The summed E-state index contributed by atoms with van der Waals surface area (Å²) in [7, 11) is -2.76. The van der Waals surface area contributed by atoms with Gasteiger partial charge in [-0.1, -0.05) is 170 Å². The quantitative estimate of drug-likeness (QED) is 0.131. The van der Waals surface area contributed by atoms with Crippen molar-refractivity contribution >= 4 is 45.2 Å². The van der Waals surface area contributed by atoms with E-state index in [1.54, 1.807) is 0 Å². The minimum absolute atomic E-state index is 0.646. The molecule has 0 radical (unpaired) electrons. The van der Waals surface area contributed by atoms with Gasteiger partial charge in [0, 0.05) is 22.7 Å². The lowest BCUT2D eigenvalue weighted by Gasteiger charge is -2.34. The Morgan fingerprint density at radius 1 is 0.360 bits per heavy atom. The minimum Gasteiger partial charge on any atom is -0.316 e. The van der Waals surface area contributed by atoms with E-state index < -0.39 is 8.07 Å². The van der Waals surface area contributed by atoms with Crippen LogP contribution in [0, 0.1) is 0 Å². The summed E-state index contributed by atoms with van der Waals surface area (Å²) in [5.74, 6) is 1.95. The van der Waals surface area contributed by atoms with Gasteiger partial charge < -0.3 is 4.40 Å². The summed E-state index contributed by atoms with van der Waals surface area (Å²) in [4.78, 5) is 15.6. The van der Waals surface area contributed by atoms with Gasteiger partial charge in [0.05, 0.1) is 16.6 Å². The summed E-state index contributed by atoms with van der Waals surface area (Å²) in [5, 5.41) is 6.33. The van der Waals surface area contributed by atoms with Gasteiger partial charge in [-0.05, 0) is 38.9 Å². The maximum absolute atomic E-state index is 5.29. The summed E-state index contributed by atoms with van der Waals surface area (Å²) in [5.41, 5.74) is 5.08. The Kier molecular flexibility index (Phi) is 7.45. The van der Waals surface area contributed by atoms with Crippen LogP contribution in [0.1, 0.15) is 0 Å². The Balaban J connectivity index is 1.32. The molecule has 6 aromatic carbocycles. The molecule has 0 aliphatic heterocycles. The van der Waals surface area contributed by atoms with Crippen molar-refractivity contribution in [3.8, 4) is 34.2 Å². The van der Waals surface area contributed by atoms with E-state index in [9.17, 15) is 0 Å². The number of hydrogen-bond acceptors (Lipinski definition) is 3. The van der Waals surface area contributed by atoms with Crippen LogP contribution in [0.5, 0.6) is 0 Å². The van der Waals surface area contributed by atoms with Gasteiger partial charge in [-0.15, -0.1) is 0 Å². The van der Waals surface area contributed by atoms with Crippen molar-refractivity contribution in [1.82, 2.24) is 19.4 Å². The molecule has 236 valence electrons. The fourth-order valence-electron chi connectivity index (χ4n) is 7.41. The first kappa shape index (κ1) is 29.7. The lowest BCUT2D eigenvalue weighted by molar-refractivity contribution is 1.08. The highest BCUT2D eigenvalue weighted by atomic mass is 28.3. The zero-order chi connectivity index (χ0) is 33.3. The third kappa shape index (κ3) is 4.95. The number of rotatable bonds is 7. The predicted octanol–water partition coefficient (Wildman–Crippen LogP) is 7.66. The van der Waals surface area contributed by atoms with Crippen molar-refractivity contribution < 1.29 is 0 Å². The van der Waals surface area contributed by atoms with Crippen LogP contribution in [0.4, 0.5) is 0 Å². The van der Waals surface area contributed by atoms with E-state index in [4.69, 9.17) is 15.0 Å². The topological polar surface area (TPSA) is 43.1 Å². The van der Waals surface area contributed by atoms with Gasteiger partial charge in [0.1, 0.15) is 0 Å². The van der Waals surface area contributed by atoms with Crippen LogP contribution in [-0.2, 0) is 0 Å². The second-order valence-corrected chi connectivity index (χ2v) is 16.3. The minimum atomic E-state index is -2.76. The van der Waals surface area contributed by atoms with Gasteiger partial charge in [-0.2, -0.15) is 0 Å². The Hall–Kier alpha value is -6.43. The smallest absolute Gasteiger partial charge is 0.179 e. The van der Waals surface area contributed by atoms with Crippen molar-refractivity contribution in [2.24, 2.45) is 0 Å². The highest BCUT2D eigenvalue weighted by molar-refractivity contribution is 7.19. The van der Waals surface area contributed by atoms with Crippen LogP contribution < -0.4 is 20.7 Å². The molecule has 0 N–H and O–H groups in total. The van der Waals surface area contributed by atoms with Crippen molar-refractivity contribution in [3.63, 3.8) is 0 Å². The zero-order valence-electron chi connectivity index (χ0n) is 27.3. The van der Waals surface area contributed by atoms with Crippen LogP contribution in [0.25, 0.3) is 50.6 Å². The number of para-hydroxylation sites is 1. The van der Waals surface area contributed by atoms with Gasteiger partial charge in [0.2, 0.25) is 0 Å². The van der Waals surface area contributed by atoms with Crippen molar-refractivity contribution in [3.05, 3.63) is 194 Å². The van der Waals surface area contributed by atoms with E-state index in [0.29, 0.717) is 17.5 Å². The second-order valence-electron chi connectivity index (χ2n) is 12.4. The molecule has 0 amide bonds. The summed E-state index contributed by atoms with van der Waals surface area (Å²) >= 11 is 0. The molecule has 0 fully saturated rings. The molecule has 3 heterocycles. The van der Waals surface area contributed by atoms with Gasteiger partial charge in [0.25, 0.3) is 0 Å². The molecule has 0 spiro atoms. The summed E-state index contributed by atoms with van der Waals surface area (Å²) in [6.07, 6.45) is 2.10. The van der Waals surface area contributed by atoms with Crippen molar-refractivity contribution in [1.29, 1.82) is 0 Å². The molecule has 0 saturated carbocycles. The highest BCUT2D eigenvalue weighted by Crippen LogP contribution is 2.35. The lowest BCUT2D eigenvalue weighted by Crippen LogP contribution is -2.74. The summed E-state index contributed by atoms with van der Waals surface area (Å²) in [6, 6.07) is 66.8. The van der Waals surface area contributed by atoms with Crippen LogP contribution in [0.2, 0.25) is 0 Å². The highest BCUT2D eigenvalue weighted by Gasteiger charge is 2.41. The number of fused-ring (bicyclic) bond motifs is 3. The molecule has 3 aromatic heterocycles. The van der Waals surface area contributed by atoms with E-state index in [2.05, 4.69) is 180 Å². The SMILES string of the molecule is c1ccc(-c2nc(-c3cccc([Si](c4ccccc4)(c4ccccc4)c4ccccc4)c3)nc(-c3c4ccccc4n4ccccc34)n2)cc1. The molecular weight excluding hydrogens is 625 g/mol. The molecule has 0 aliphatic carbocycles. The first-order chi connectivity index (χ1) is 24.8. The summed E-state index contributed by atoms with van der Waals surface area (Å²) < 4.78 is 2.22. The first-order valence-corrected chi connectivity index (χ1v) is 18.9. The van der Waals surface area contributed by atoms with Gasteiger partial charge in [-0.3, -0.25) is 0 Å². The van der Waals surface area contributed by atoms with Gasteiger partial charge in [0.15, 0.2) is 25.5 Å². The molecular formula is C45H32N4Si. The average Bonchev–Trinajstić information content (AvgIpc) is 3.54. The van der Waals surface area contributed by atoms with E-state index in [1.807, 2.05) is 18.2 Å². The maximum Gasteiger partial charge on any atom is 0.179 e. The molecule has 50 heavy (non-hydrogen) atoms. The van der Waals surface area contributed by atoms with Gasteiger partial charge >= 0.3 is 0 Å². The van der Waals surface area contributed by atoms with Crippen LogP contribution >= 0.6 is 0 Å². The Labute approximate surface area is 292 Å². The fraction of sp³-hybridized carbons (Fsp3) is 0. The molecule has 4 nitrogen and oxygen atoms in total. The fourth-order valence-corrected chi connectivity index (χ4v) is 12.2. The number of aromatic nitrogens is 4. The van der Waals surface area contributed by atoms with E-state index in [0.717, 1.165) is 33.1 Å². The lowest BCUT2D eigenvalue weighted by atomic mass is 10.1. The summed E-state index contributed by atoms with van der Waals surface area (Å²) in [6.45, 7) is 0. The zero-order valence-corrected chi connectivity index (χ0v) is 28.3. The molecule has 0 bridgehead atoms. The van der Waals surface area contributed by atoms with Crippen LogP contribution in [0.15, 0.2) is 194 Å². The second kappa shape index (κ2) is 12.5. The molecule has 0 saturated heterocycles. The van der Waals surface area contributed by atoms with E-state index in [1.165, 1.54) is 20.7 Å². The largest absolute Gasteiger partial charge is 0.316 e. The standard InChI is InChI=1S/C45H32N4Si/c1-5-18-33(19-6-1)43-46-44(48-45(47-43)42-39-28-13-14-29-40(39)49-31-16-15-30-41(42)49)34-20-17-27-38(32-34)50(35-21-7-2-8-22-35,36-23-9-3-10-24-36)37-25-11-4-12-26-37/h1-32H. The van der Waals surface area contributed by atoms with E-state index in [-0.39, 0.29) is 0 Å². The Morgan fingerprint density at radius 3 is 1.46 bits per heavy atom. The third-order valence-corrected chi connectivity index (χ3v) is 14.4. The Bertz CT molecular complexity index is 2440. The predicted molar refractivity (Wildman–Crippen MR) is 208 cm³/mol. The molecule has 0 unspecified atom stereocenters. The number of benzene rings is 6. The number of nitrogens with zero attached hydrogens (tertiary/aromatic N) is 4. The molecule has 5 heteroatoms. The number of hydrogen-bond donors (Lipinski definition) is 0. The number of pyridine rings is 1. The normalized spacial score (nSPS) is 11.6. The van der Waals surface area contributed by atoms with E-state index >= 15 is 0 Å². The first-order valence-electron chi connectivity index (χ1n) is 16.9. The average molecular weight is 657 g/mol. The van der Waals surface area contributed by atoms with Crippen molar-refractivity contribution in [2.45, 2.75) is 0 Å². The third-order valence-electron chi connectivity index (χ3n) is 9.61. The molecule has 0 atom stereocenters. The maximum atomic E-state index is 5.29. The monoisotopic (exact) mass is 656 g/mol. The molecule has 0 aliphatic rings. The molecule has 9 aromatic rings.